The van der Waals surface area contributed by atoms with Crippen molar-refractivity contribution in [3.63, 3.8) is 0 Å². The van der Waals surface area contributed by atoms with Gasteiger partial charge in [0.1, 0.15) is 10.9 Å². The minimum atomic E-state index is -0.663. The molecule has 2 amide bonds. The van der Waals surface area contributed by atoms with Crippen LogP contribution in [0.15, 0.2) is 48.5 Å². The van der Waals surface area contributed by atoms with Crippen molar-refractivity contribution in [3.05, 3.63) is 69.6 Å². The molecule has 4 nitrogen and oxygen atoms in total. The van der Waals surface area contributed by atoms with Gasteiger partial charge in [-0.15, -0.1) is 11.3 Å². The Hall–Kier alpha value is -2.37. The molecule has 1 aliphatic rings. The van der Waals surface area contributed by atoms with Crippen molar-refractivity contribution in [3.8, 4) is 0 Å². The molecule has 1 aromatic heterocycles. The molecule has 0 aliphatic carbocycles. The van der Waals surface area contributed by atoms with Crippen LogP contribution in [0, 0.1) is 0 Å². The van der Waals surface area contributed by atoms with Crippen LogP contribution in [0.2, 0.25) is 5.02 Å². The summed E-state index contributed by atoms with van der Waals surface area (Å²) in [5, 5.41) is 1.29. The summed E-state index contributed by atoms with van der Waals surface area (Å²) < 4.78 is 0.948. The van der Waals surface area contributed by atoms with Gasteiger partial charge in [0.25, 0.3) is 5.91 Å². The Morgan fingerprint density at radius 3 is 2.48 bits per heavy atom. The van der Waals surface area contributed by atoms with Gasteiger partial charge in [0.05, 0.1) is 5.02 Å². The first kappa shape index (κ1) is 16.1. The first-order valence-electron chi connectivity index (χ1n) is 7.90. The zero-order chi connectivity index (χ0) is 17.6. The Bertz CT molecular complexity index is 998. The van der Waals surface area contributed by atoms with Gasteiger partial charge >= 0.3 is 0 Å². The zero-order valence-corrected chi connectivity index (χ0v) is 14.8. The molecule has 25 heavy (non-hydrogen) atoms. The number of carbonyl (C=O) groups excluding carboxylic acids is 2. The lowest BCUT2D eigenvalue weighted by atomic mass is 9.93. The maximum Gasteiger partial charge on any atom is 0.266 e. The predicted molar refractivity (Wildman–Crippen MR) is 99.8 cm³/mol. The number of benzene rings is 2. The average molecular weight is 371 g/mol. The average Bonchev–Trinajstić information content (AvgIpc) is 2.97. The first-order valence-corrected chi connectivity index (χ1v) is 9.10. The van der Waals surface area contributed by atoms with Crippen LogP contribution >= 0.6 is 22.9 Å². The highest BCUT2D eigenvalue weighted by molar-refractivity contribution is 7.21. The Morgan fingerprint density at radius 1 is 1.08 bits per heavy atom. The molecule has 3 aromatic rings. The van der Waals surface area contributed by atoms with Crippen molar-refractivity contribution in [1.29, 1.82) is 0 Å². The van der Waals surface area contributed by atoms with Gasteiger partial charge in [-0.1, -0.05) is 54.1 Å². The van der Waals surface area contributed by atoms with Crippen LogP contribution in [-0.2, 0) is 17.8 Å². The quantitative estimate of drug-likeness (QED) is 0.749. The monoisotopic (exact) mass is 370 g/mol. The van der Waals surface area contributed by atoms with Gasteiger partial charge in [-0.2, -0.15) is 0 Å². The van der Waals surface area contributed by atoms with E-state index in [4.69, 9.17) is 17.3 Å². The predicted octanol–water partition coefficient (Wildman–Crippen LogP) is 3.61. The van der Waals surface area contributed by atoms with Gasteiger partial charge in [-0.25, -0.2) is 0 Å². The molecule has 1 atom stereocenters. The topological polar surface area (TPSA) is 63.4 Å². The number of nitrogens with zero attached hydrogens (tertiary/aromatic N) is 1. The van der Waals surface area contributed by atoms with Gasteiger partial charge in [0, 0.05) is 23.1 Å². The van der Waals surface area contributed by atoms with Gasteiger partial charge in [-0.05, 0) is 17.2 Å². The van der Waals surface area contributed by atoms with Crippen molar-refractivity contribution in [2.24, 2.45) is 5.73 Å². The summed E-state index contributed by atoms with van der Waals surface area (Å²) in [5.74, 6) is -0.746. The van der Waals surface area contributed by atoms with E-state index in [9.17, 15) is 9.59 Å². The van der Waals surface area contributed by atoms with E-state index in [-0.39, 0.29) is 5.91 Å². The molecule has 6 heteroatoms. The van der Waals surface area contributed by atoms with Crippen molar-refractivity contribution in [2.45, 2.75) is 19.0 Å². The minimum Gasteiger partial charge on any atom is -0.368 e. The van der Waals surface area contributed by atoms with Gasteiger partial charge in [0.15, 0.2) is 0 Å². The summed E-state index contributed by atoms with van der Waals surface area (Å²) >= 11 is 7.79. The van der Waals surface area contributed by atoms with E-state index < -0.39 is 11.9 Å². The fourth-order valence-corrected chi connectivity index (χ4v) is 4.74. The lowest BCUT2D eigenvalue weighted by Crippen LogP contribution is -2.51. The SMILES string of the molecule is NC(=O)[C@H]1Cc2ccccc2CN1C(=O)c1sc2ccccc2c1Cl. The number of primary amides is 1. The summed E-state index contributed by atoms with van der Waals surface area (Å²) in [4.78, 5) is 27.1. The molecule has 126 valence electrons. The molecule has 0 saturated heterocycles. The Balaban J connectivity index is 1.77. The third-order valence-corrected chi connectivity index (χ3v) is 6.23. The standard InChI is InChI=1S/C19H15ClN2O2S/c20-16-13-7-3-4-8-15(13)25-17(16)19(24)22-10-12-6-2-1-5-11(12)9-14(22)18(21)23/h1-8,14H,9-10H2,(H2,21,23)/t14-/m1/s1. The summed E-state index contributed by atoms with van der Waals surface area (Å²) in [7, 11) is 0. The van der Waals surface area contributed by atoms with E-state index >= 15 is 0 Å². The highest BCUT2D eigenvalue weighted by atomic mass is 35.5. The maximum atomic E-state index is 13.2. The Labute approximate surface area is 153 Å². The second-order valence-corrected chi connectivity index (χ2v) is 7.50. The fourth-order valence-electron chi connectivity index (χ4n) is 3.27. The molecule has 0 unspecified atom stereocenters. The molecule has 0 bridgehead atoms. The maximum absolute atomic E-state index is 13.2. The highest BCUT2D eigenvalue weighted by Gasteiger charge is 2.35. The van der Waals surface area contributed by atoms with E-state index in [0.717, 1.165) is 21.2 Å². The molecular weight excluding hydrogens is 356 g/mol. The van der Waals surface area contributed by atoms with Crippen LogP contribution in [0.3, 0.4) is 0 Å². The summed E-state index contributed by atoms with van der Waals surface area (Å²) in [6, 6.07) is 14.8. The summed E-state index contributed by atoms with van der Waals surface area (Å²) in [5.41, 5.74) is 7.67. The minimum absolute atomic E-state index is 0.246. The number of hydrogen-bond donors (Lipinski definition) is 1. The van der Waals surface area contributed by atoms with Crippen LogP contribution in [0.1, 0.15) is 20.8 Å². The van der Waals surface area contributed by atoms with E-state index in [1.165, 1.54) is 11.3 Å². The molecule has 4 rings (SSSR count). The number of hydrogen-bond acceptors (Lipinski definition) is 3. The molecule has 2 N–H and O–H groups in total. The van der Waals surface area contributed by atoms with Crippen LogP contribution in [0.4, 0.5) is 0 Å². The van der Waals surface area contributed by atoms with Crippen LogP contribution in [0.5, 0.6) is 0 Å². The van der Waals surface area contributed by atoms with Crippen LogP contribution in [-0.4, -0.2) is 22.8 Å². The molecular formula is C19H15ClN2O2S. The number of thiophene rings is 1. The van der Waals surface area contributed by atoms with Gasteiger partial charge in [-0.3, -0.25) is 9.59 Å². The molecule has 0 fully saturated rings. The second kappa shape index (κ2) is 6.17. The Morgan fingerprint density at radius 2 is 1.76 bits per heavy atom. The number of nitrogens with two attached hydrogens (primary N) is 1. The molecule has 0 spiro atoms. The summed E-state index contributed by atoms with van der Waals surface area (Å²) in [6.07, 6.45) is 0.430. The van der Waals surface area contributed by atoms with Crippen molar-refractivity contribution < 1.29 is 9.59 Å². The largest absolute Gasteiger partial charge is 0.368 e. The van der Waals surface area contributed by atoms with E-state index in [1.54, 1.807) is 4.90 Å². The first-order chi connectivity index (χ1) is 12.1. The summed E-state index contributed by atoms with van der Waals surface area (Å²) in [6.45, 7) is 0.354. The number of fused-ring (bicyclic) bond motifs is 2. The molecule has 2 heterocycles. The normalized spacial score (nSPS) is 16.7. The van der Waals surface area contributed by atoms with E-state index in [1.807, 2.05) is 48.5 Å². The van der Waals surface area contributed by atoms with Gasteiger partial charge in [0.2, 0.25) is 5.91 Å². The lowest BCUT2D eigenvalue weighted by Gasteiger charge is -2.34. The number of amides is 2. The molecule has 0 saturated carbocycles. The number of rotatable bonds is 2. The lowest BCUT2D eigenvalue weighted by molar-refractivity contribution is -0.122. The van der Waals surface area contributed by atoms with Gasteiger partial charge < -0.3 is 10.6 Å². The second-order valence-electron chi connectivity index (χ2n) is 6.07. The third-order valence-electron chi connectivity index (χ3n) is 4.57. The van der Waals surface area contributed by atoms with Crippen molar-refractivity contribution in [2.75, 3.05) is 0 Å². The highest BCUT2D eigenvalue weighted by Crippen LogP contribution is 2.37. The number of carbonyl (C=O) groups is 2. The smallest absolute Gasteiger partial charge is 0.266 e. The van der Waals surface area contributed by atoms with E-state index in [2.05, 4.69) is 0 Å². The van der Waals surface area contributed by atoms with Crippen molar-refractivity contribution >= 4 is 44.8 Å². The van der Waals surface area contributed by atoms with E-state index in [0.29, 0.717) is 22.9 Å². The molecule has 1 aliphatic heterocycles. The van der Waals surface area contributed by atoms with Crippen molar-refractivity contribution in [1.82, 2.24) is 4.90 Å². The number of halogens is 1. The third kappa shape index (κ3) is 2.69. The van der Waals surface area contributed by atoms with Crippen LogP contribution < -0.4 is 5.73 Å². The fraction of sp³-hybridized carbons (Fsp3) is 0.158. The van der Waals surface area contributed by atoms with Crippen LogP contribution in [0.25, 0.3) is 10.1 Å². The zero-order valence-electron chi connectivity index (χ0n) is 13.2. The molecule has 2 aromatic carbocycles. The molecule has 0 radical (unpaired) electrons. The Kier molecular flexibility index (Phi) is 3.98.